The molecule has 0 amide bonds. The van der Waals surface area contributed by atoms with Gasteiger partial charge in [-0.05, 0) is 0 Å². The van der Waals surface area contributed by atoms with E-state index in [-0.39, 0.29) is 11.0 Å². The Labute approximate surface area is 54.3 Å². The van der Waals surface area contributed by atoms with Gasteiger partial charge in [-0.1, -0.05) is 6.92 Å². The third-order valence-corrected chi connectivity index (χ3v) is 1.80. The van der Waals surface area contributed by atoms with Gasteiger partial charge in [-0.2, -0.15) is 21.0 Å². The fraction of sp³-hybridized carbons (Fsp3) is 1.00. The lowest BCUT2D eigenvalue weighted by atomic mass is 10.6. The van der Waals surface area contributed by atoms with Gasteiger partial charge < -0.3 is 0 Å². The molecule has 0 saturated carbocycles. The van der Waals surface area contributed by atoms with Crippen LogP contribution in [0.15, 0.2) is 0 Å². The van der Waals surface area contributed by atoms with E-state index in [2.05, 4.69) is 12.6 Å². The van der Waals surface area contributed by atoms with Gasteiger partial charge in [0.15, 0.2) is 0 Å². The molecular weight excluding hydrogens is 148 g/mol. The van der Waals surface area contributed by atoms with Crippen LogP contribution in [0.25, 0.3) is 0 Å². The second kappa shape index (κ2) is 2.70. The Morgan fingerprint density at radius 2 is 2.12 bits per heavy atom. The van der Waals surface area contributed by atoms with Gasteiger partial charge in [0, 0.05) is 5.25 Å². The maximum absolute atomic E-state index is 9.95. The van der Waals surface area contributed by atoms with Crippen LogP contribution in [0.2, 0.25) is 0 Å². The first kappa shape index (κ1) is 8.26. The van der Waals surface area contributed by atoms with Gasteiger partial charge in [0.2, 0.25) is 0 Å². The molecule has 0 radical (unpaired) electrons. The van der Waals surface area contributed by atoms with Gasteiger partial charge >= 0.3 is 0 Å². The molecule has 8 heavy (non-hydrogen) atoms. The van der Waals surface area contributed by atoms with E-state index < -0.39 is 10.1 Å². The quantitative estimate of drug-likeness (QED) is 0.443. The van der Waals surface area contributed by atoms with Crippen LogP contribution >= 0.6 is 12.6 Å². The third kappa shape index (κ3) is 6.26. The van der Waals surface area contributed by atoms with Crippen LogP contribution in [0.1, 0.15) is 6.92 Å². The van der Waals surface area contributed by atoms with E-state index in [4.69, 9.17) is 4.55 Å². The fourth-order valence-corrected chi connectivity index (χ4v) is 1.48. The Balaban J connectivity index is 3.75. The van der Waals surface area contributed by atoms with E-state index in [0.717, 1.165) is 0 Å². The highest BCUT2D eigenvalue weighted by molar-refractivity contribution is 7.88. The summed E-state index contributed by atoms with van der Waals surface area (Å²) < 4.78 is 28.0. The minimum atomic E-state index is -3.80. The van der Waals surface area contributed by atoms with E-state index in [9.17, 15) is 8.42 Å². The van der Waals surface area contributed by atoms with Crippen molar-refractivity contribution < 1.29 is 13.0 Å². The Morgan fingerprint density at radius 3 is 2.12 bits per heavy atom. The monoisotopic (exact) mass is 156 g/mol. The molecule has 3 nitrogen and oxygen atoms in total. The maximum atomic E-state index is 9.95. The fourth-order valence-electron chi connectivity index (χ4n) is 0.305. The first-order chi connectivity index (χ1) is 3.42. The average molecular weight is 156 g/mol. The normalized spacial score (nSPS) is 15.9. The third-order valence-electron chi connectivity index (χ3n) is 0.452. The summed E-state index contributed by atoms with van der Waals surface area (Å²) in [6, 6.07) is 0. The average Bonchev–Trinajstić information content (AvgIpc) is 1.21. The largest absolute Gasteiger partial charge is 0.286 e. The smallest absolute Gasteiger partial charge is 0.265 e. The van der Waals surface area contributed by atoms with Gasteiger partial charge in [-0.3, -0.25) is 4.55 Å². The molecule has 0 heterocycles. The molecule has 50 valence electrons. The van der Waals surface area contributed by atoms with Crippen molar-refractivity contribution in [1.29, 1.82) is 0 Å². The van der Waals surface area contributed by atoms with Crippen LogP contribution in [-0.4, -0.2) is 24.0 Å². The molecule has 0 aromatic rings. The highest BCUT2D eigenvalue weighted by Gasteiger charge is 2.06. The molecule has 0 fully saturated rings. The van der Waals surface area contributed by atoms with Crippen LogP contribution in [0.5, 0.6) is 0 Å². The second-order valence-electron chi connectivity index (χ2n) is 1.60. The number of thiol groups is 1. The van der Waals surface area contributed by atoms with Crippen molar-refractivity contribution >= 4 is 22.7 Å². The summed E-state index contributed by atoms with van der Waals surface area (Å²) in [5, 5.41) is -0.301. The van der Waals surface area contributed by atoms with Crippen LogP contribution in [0.4, 0.5) is 0 Å². The Bertz CT molecular complexity index is 146. The molecule has 0 bridgehead atoms. The Morgan fingerprint density at radius 1 is 1.75 bits per heavy atom. The molecule has 0 spiro atoms. The number of hydrogen-bond donors (Lipinski definition) is 2. The Hall–Kier alpha value is 0.260. The summed E-state index contributed by atoms with van der Waals surface area (Å²) in [4.78, 5) is 0. The molecule has 1 N–H and O–H groups in total. The van der Waals surface area contributed by atoms with Gasteiger partial charge in [0.25, 0.3) is 10.1 Å². The molecule has 1 unspecified atom stereocenters. The van der Waals surface area contributed by atoms with Crippen molar-refractivity contribution in [3.63, 3.8) is 0 Å². The van der Waals surface area contributed by atoms with Crippen molar-refractivity contribution in [2.75, 3.05) is 5.75 Å². The molecule has 0 aliphatic carbocycles. The lowest BCUT2D eigenvalue weighted by molar-refractivity contribution is 0.483. The predicted molar refractivity (Wildman–Crippen MR) is 34.9 cm³/mol. The summed E-state index contributed by atoms with van der Waals surface area (Å²) in [5.74, 6) is -0.282. The van der Waals surface area contributed by atoms with Gasteiger partial charge in [0.1, 0.15) is 0 Å². The molecular formula is C3H8O3S2. The van der Waals surface area contributed by atoms with Crippen molar-refractivity contribution in [2.45, 2.75) is 12.2 Å². The van der Waals surface area contributed by atoms with Gasteiger partial charge in [0.05, 0.1) is 5.75 Å². The van der Waals surface area contributed by atoms with Gasteiger partial charge in [-0.15, -0.1) is 0 Å². The topological polar surface area (TPSA) is 54.4 Å². The minimum Gasteiger partial charge on any atom is -0.286 e. The van der Waals surface area contributed by atoms with E-state index in [1.54, 1.807) is 6.92 Å². The number of rotatable bonds is 2. The second-order valence-corrected chi connectivity index (χ2v) is 3.98. The molecule has 0 aliphatic rings. The molecule has 0 aliphatic heterocycles. The standard InChI is InChI=1S/C3H8O3S2/c1-3(7)2-8(4,5)6/h3,7H,2H2,1H3,(H,4,5,6). The van der Waals surface area contributed by atoms with Crippen molar-refractivity contribution in [2.24, 2.45) is 0 Å². The van der Waals surface area contributed by atoms with E-state index in [1.807, 2.05) is 0 Å². The molecule has 0 aromatic heterocycles. The van der Waals surface area contributed by atoms with E-state index >= 15 is 0 Å². The molecule has 0 aromatic carbocycles. The molecule has 0 rings (SSSR count). The van der Waals surface area contributed by atoms with Crippen LogP contribution < -0.4 is 0 Å². The zero-order valence-electron chi connectivity index (χ0n) is 4.40. The maximum Gasteiger partial charge on any atom is 0.265 e. The predicted octanol–water partition coefficient (Wildman–Crippen LogP) is 0.192. The highest BCUT2D eigenvalue weighted by Crippen LogP contribution is 1.95. The molecule has 1 atom stereocenters. The Kier molecular flexibility index (Phi) is 2.79. The number of hydrogen-bond acceptors (Lipinski definition) is 3. The first-order valence-electron chi connectivity index (χ1n) is 2.05. The summed E-state index contributed by atoms with van der Waals surface area (Å²) >= 11 is 3.75. The van der Waals surface area contributed by atoms with E-state index in [0.29, 0.717) is 0 Å². The summed E-state index contributed by atoms with van der Waals surface area (Å²) in [5.41, 5.74) is 0. The SMILES string of the molecule is CC(S)CS(=O)(=O)O. The van der Waals surface area contributed by atoms with Crippen molar-refractivity contribution in [3.8, 4) is 0 Å². The van der Waals surface area contributed by atoms with Crippen molar-refractivity contribution in [1.82, 2.24) is 0 Å². The lowest BCUT2D eigenvalue weighted by Crippen LogP contribution is -2.11. The molecule has 5 heteroatoms. The first-order valence-corrected chi connectivity index (χ1v) is 4.17. The minimum absolute atomic E-state index is 0.282. The lowest BCUT2D eigenvalue weighted by Gasteiger charge is -1.96. The van der Waals surface area contributed by atoms with Crippen LogP contribution in [0, 0.1) is 0 Å². The zero-order valence-corrected chi connectivity index (χ0v) is 6.11. The molecule has 0 saturated heterocycles. The summed E-state index contributed by atoms with van der Waals surface area (Å²) in [6.07, 6.45) is 0. The van der Waals surface area contributed by atoms with Crippen LogP contribution in [0.3, 0.4) is 0 Å². The summed E-state index contributed by atoms with van der Waals surface area (Å²) in [6.45, 7) is 1.59. The summed E-state index contributed by atoms with van der Waals surface area (Å²) in [7, 11) is -3.80. The highest BCUT2D eigenvalue weighted by atomic mass is 32.2. The van der Waals surface area contributed by atoms with E-state index in [1.165, 1.54) is 0 Å². The van der Waals surface area contributed by atoms with Crippen molar-refractivity contribution in [3.05, 3.63) is 0 Å². The zero-order chi connectivity index (χ0) is 6.78. The van der Waals surface area contributed by atoms with Crippen LogP contribution in [-0.2, 0) is 10.1 Å². The van der Waals surface area contributed by atoms with Gasteiger partial charge in [-0.25, -0.2) is 0 Å².